The number of hydrogen-bond donors (Lipinski definition) is 1. The van der Waals surface area contributed by atoms with Crippen molar-refractivity contribution in [3.8, 4) is 0 Å². The van der Waals surface area contributed by atoms with Crippen LogP contribution in [0, 0.1) is 12.8 Å². The van der Waals surface area contributed by atoms with Crippen molar-refractivity contribution in [2.24, 2.45) is 11.7 Å². The fourth-order valence-corrected chi connectivity index (χ4v) is 4.10. The second-order valence-electron chi connectivity index (χ2n) is 7.47. The molecule has 2 amide bonds. The first kappa shape index (κ1) is 17.9. The molecule has 5 heteroatoms. The molecule has 0 unspecified atom stereocenters. The Hall–Kier alpha value is -1.88. The molecule has 5 nitrogen and oxygen atoms in total. The molecule has 0 saturated carbocycles. The summed E-state index contributed by atoms with van der Waals surface area (Å²) in [4.78, 5) is 28.7. The average molecular weight is 343 g/mol. The van der Waals surface area contributed by atoms with Crippen LogP contribution in [-0.2, 0) is 16.1 Å². The normalized spacial score (nSPS) is 22.8. The Morgan fingerprint density at radius 1 is 1.12 bits per heavy atom. The van der Waals surface area contributed by atoms with Gasteiger partial charge in [0, 0.05) is 25.6 Å². The van der Waals surface area contributed by atoms with Gasteiger partial charge >= 0.3 is 0 Å². The van der Waals surface area contributed by atoms with Gasteiger partial charge in [0.1, 0.15) is 0 Å². The summed E-state index contributed by atoms with van der Waals surface area (Å²) in [6.45, 7) is 5.21. The molecule has 0 bridgehead atoms. The molecular weight excluding hydrogens is 314 g/mol. The van der Waals surface area contributed by atoms with Crippen molar-refractivity contribution < 1.29 is 9.59 Å². The molecule has 3 rings (SSSR count). The first-order chi connectivity index (χ1) is 12.0. The third-order valence-electron chi connectivity index (χ3n) is 5.58. The number of carbonyl (C=O) groups is 2. The summed E-state index contributed by atoms with van der Waals surface area (Å²) in [5, 5.41) is 0. The van der Waals surface area contributed by atoms with Crippen molar-refractivity contribution in [2.75, 3.05) is 19.6 Å². The van der Waals surface area contributed by atoms with E-state index >= 15 is 0 Å². The monoisotopic (exact) mass is 343 g/mol. The summed E-state index contributed by atoms with van der Waals surface area (Å²) < 4.78 is 0. The van der Waals surface area contributed by atoms with Crippen LogP contribution in [-0.4, -0.2) is 47.3 Å². The number of primary amides is 1. The van der Waals surface area contributed by atoms with Gasteiger partial charge in [-0.2, -0.15) is 0 Å². The smallest absolute Gasteiger partial charge is 0.239 e. The summed E-state index contributed by atoms with van der Waals surface area (Å²) in [6.07, 6.45) is 4.59. The molecule has 2 N–H and O–H groups in total. The molecular formula is C20H29N3O2. The molecule has 1 aromatic carbocycles. The summed E-state index contributed by atoms with van der Waals surface area (Å²) in [5.74, 6) is -0.0695. The maximum absolute atomic E-state index is 13.1. The number of likely N-dealkylation sites (tertiary alicyclic amines) is 2. The van der Waals surface area contributed by atoms with Crippen molar-refractivity contribution in [3.63, 3.8) is 0 Å². The van der Waals surface area contributed by atoms with Crippen LogP contribution >= 0.6 is 0 Å². The fourth-order valence-electron chi connectivity index (χ4n) is 4.10. The Kier molecular flexibility index (Phi) is 5.74. The molecule has 0 spiro atoms. The Morgan fingerprint density at radius 3 is 2.56 bits per heavy atom. The second kappa shape index (κ2) is 8.00. The first-order valence-corrected chi connectivity index (χ1v) is 9.42. The molecule has 2 fully saturated rings. The Bertz CT molecular complexity index is 623. The van der Waals surface area contributed by atoms with Gasteiger partial charge in [0.15, 0.2) is 0 Å². The largest absolute Gasteiger partial charge is 0.369 e. The quantitative estimate of drug-likeness (QED) is 0.910. The third kappa shape index (κ3) is 4.40. The maximum Gasteiger partial charge on any atom is 0.239 e. The summed E-state index contributed by atoms with van der Waals surface area (Å²) in [6, 6.07) is 8.50. The zero-order valence-corrected chi connectivity index (χ0v) is 15.1. The van der Waals surface area contributed by atoms with Crippen molar-refractivity contribution >= 4 is 11.8 Å². The van der Waals surface area contributed by atoms with Gasteiger partial charge in [0.25, 0.3) is 0 Å². The number of amides is 2. The van der Waals surface area contributed by atoms with Crippen LogP contribution in [0.3, 0.4) is 0 Å². The zero-order valence-electron chi connectivity index (χ0n) is 15.1. The lowest BCUT2D eigenvalue weighted by molar-refractivity contribution is -0.141. The summed E-state index contributed by atoms with van der Waals surface area (Å²) in [5.41, 5.74) is 7.93. The van der Waals surface area contributed by atoms with E-state index in [4.69, 9.17) is 5.73 Å². The van der Waals surface area contributed by atoms with E-state index in [1.807, 2.05) is 4.90 Å². The molecule has 2 aliphatic rings. The van der Waals surface area contributed by atoms with Gasteiger partial charge in [-0.1, -0.05) is 36.2 Å². The van der Waals surface area contributed by atoms with E-state index < -0.39 is 0 Å². The molecule has 136 valence electrons. The van der Waals surface area contributed by atoms with Gasteiger partial charge in [-0.05, 0) is 44.7 Å². The highest BCUT2D eigenvalue weighted by Gasteiger charge is 2.34. The van der Waals surface area contributed by atoms with Crippen LogP contribution in [0.4, 0.5) is 0 Å². The molecule has 2 aliphatic heterocycles. The molecule has 25 heavy (non-hydrogen) atoms. The number of hydrogen-bond acceptors (Lipinski definition) is 3. The highest BCUT2D eigenvalue weighted by atomic mass is 16.2. The number of nitrogens with two attached hydrogens (primary N) is 1. The van der Waals surface area contributed by atoms with Crippen molar-refractivity contribution in [1.29, 1.82) is 0 Å². The van der Waals surface area contributed by atoms with Gasteiger partial charge in [0.2, 0.25) is 11.8 Å². The van der Waals surface area contributed by atoms with Gasteiger partial charge < -0.3 is 10.6 Å². The van der Waals surface area contributed by atoms with Crippen molar-refractivity contribution in [2.45, 2.75) is 51.6 Å². The van der Waals surface area contributed by atoms with E-state index in [1.165, 1.54) is 11.1 Å². The van der Waals surface area contributed by atoms with Crippen LogP contribution in [0.5, 0.6) is 0 Å². The number of piperidine rings is 2. The van der Waals surface area contributed by atoms with Gasteiger partial charge in [0.05, 0.1) is 6.04 Å². The maximum atomic E-state index is 13.1. The first-order valence-electron chi connectivity index (χ1n) is 9.42. The van der Waals surface area contributed by atoms with Gasteiger partial charge in [-0.3, -0.25) is 14.5 Å². The van der Waals surface area contributed by atoms with Crippen molar-refractivity contribution in [1.82, 2.24) is 9.80 Å². The lowest BCUT2D eigenvalue weighted by Crippen LogP contribution is -2.52. The zero-order chi connectivity index (χ0) is 17.8. The van der Waals surface area contributed by atoms with Crippen LogP contribution < -0.4 is 5.73 Å². The lowest BCUT2D eigenvalue weighted by Gasteiger charge is -2.39. The van der Waals surface area contributed by atoms with Crippen LogP contribution in [0.2, 0.25) is 0 Å². The van der Waals surface area contributed by atoms with E-state index in [1.54, 1.807) is 0 Å². The molecule has 1 atom stereocenters. The third-order valence-corrected chi connectivity index (χ3v) is 5.58. The number of rotatable bonds is 4. The van der Waals surface area contributed by atoms with Gasteiger partial charge in [-0.15, -0.1) is 0 Å². The average Bonchev–Trinajstić information content (AvgIpc) is 2.62. The van der Waals surface area contributed by atoms with Crippen molar-refractivity contribution in [3.05, 3.63) is 35.4 Å². The minimum atomic E-state index is -0.231. The molecule has 2 saturated heterocycles. The Balaban J connectivity index is 1.64. The van der Waals surface area contributed by atoms with Gasteiger partial charge in [-0.25, -0.2) is 0 Å². The minimum Gasteiger partial charge on any atom is -0.369 e. The summed E-state index contributed by atoms with van der Waals surface area (Å²) in [7, 11) is 0. The highest BCUT2D eigenvalue weighted by molar-refractivity contribution is 5.83. The Morgan fingerprint density at radius 2 is 1.88 bits per heavy atom. The molecule has 1 aromatic rings. The van der Waals surface area contributed by atoms with E-state index in [0.717, 1.165) is 32.4 Å². The number of aryl methyl sites for hydroxylation is 1. The predicted molar refractivity (Wildman–Crippen MR) is 97.7 cm³/mol. The molecule has 2 heterocycles. The van der Waals surface area contributed by atoms with Crippen LogP contribution in [0.1, 0.15) is 43.2 Å². The molecule has 0 aromatic heterocycles. The fraction of sp³-hybridized carbons (Fsp3) is 0.600. The van der Waals surface area contributed by atoms with E-state index in [-0.39, 0.29) is 23.8 Å². The number of benzene rings is 1. The Labute approximate surface area is 150 Å². The number of carbonyl (C=O) groups excluding carboxylic acids is 2. The van der Waals surface area contributed by atoms with Crippen LogP contribution in [0.15, 0.2) is 24.3 Å². The molecule has 0 radical (unpaired) electrons. The predicted octanol–water partition coefficient (Wildman–Crippen LogP) is 2.07. The van der Waals surface area contributed by atoms with E-state index in [9.17, 15) is 9.59 Å². The number of nitrogens with zero attached hydrogens (tertiary/aromatic N) is 2. The highest BCUT2D eigenvalue weighted by Crippen LogP contribution is 2.24. The van der Waals surface area contributed by atoms with E-state index in [2.05, 4.69) is 36.1 Å². The minimum absolute atomic E-state index is 0.0283. The standard InChI is InChI=1S/C20H29N3O2/c1-15-5-4-6-16(13-15)14-23-10-3-2-7-18(23)20(25)22-11-8-17(9-12-22)19(21)24/h4-6,13,17-18H,2-3,7-12,14H2,1H3,(H2,21,24)/t18-/m1/s1. The SMILES string of the molecule is Cc1cccc(CN2CCCC[C@@H]2C(=O)N2CCC(C(N)=O)CC2)c1. The summed E-state index contributed by atoms with van der Waals surface area (Å²) >= 11 is 0. The lowest BCUT2D eigenvalue weighted by atomic mass is 9.94. The van der Waals surface area contributed by atoms with E-state index in [0.29, 0.717) is 25.9 Å². The topological polar surface area (TPSA) is 66.6 Å². The van der Waals surface area contributed by atoms with Crippen LogP contribution in [0.25, 0.3) is 0 Å². The molecule has 0 aliphatic carbocycles. The second-order valence-corrected chi connectivity index (χ2v) is 7.47.